The molecule has 1 aliphatic carbocycles. The Balaban J connectivity index is 2.02. The van der Waals surface area contributed by atoms with Crippen LogP contribution in [-0.2, 0) is 11.2 Å². The van der Waals surface area contributed by atoms with Crippen molar-refractivity contribution in [2.24, 2.45) is 0 Å². The topological polar surface area (TPSA) is 64.3 Å². The van der Waals surface area contributed by atoms with E-state index in [0.717, 1.165) is 24.1 Å². The minimum Gasteiger partial charge on any atom is -0.481 e. The highest BCUT2D eigenvalue weighted by Gasteiger charge is 2.25. The number of nitriles is 1. The van der Waals surface area contributed by atoms with Gasteiger partial charge in [0.1, 0.15) is 0 Å². The molecule has 1 fully saturated rings. The van der Waals surface area contributed by atoms with E-state index in [0.29, 0.717) is 12.5 Å². The molecule has 1 N–H and O–H groups in total. The number of aryl methyl sites for hydroxylation is 1. The maximum absolute atomic E-state index is 10.5. The van der Waals surface area contributed by atoms with Gasteiger partial charge in [-0.25, -0.2) is 0 Å². The zero-order valence-electron chi connectivity index (χ0n) is 10.2. The van der Waals surface area contributed by atoms with Gasteiger partial charge in [0.25, 0.3) is 0 Å². The van der Waals surface area contributed by atoms with Gasteiger partial charge in [0.15, 0.2) is 6.19 Å². The lowest BCUT2D eigenvalue weighted by Gasteiger charge is -2.33. The summed E-state index contributed by atoms with van der Waals surface area (Å²) in [6, 6.07) is 7.96. The molecule has 18 heavy (non-hydrogen) atoms. The summed E-state index contributed by atoms with van der Waals surface area (Å²) in [7, 11) is 0. The maximum atomic E-state index is 10.5. The number of carboxylic acids is 1. The molecule has 0 aromatic heterocycles. The van der Waals surface area contributed by atoms with Crippen molar-refractivity contribution in [3.8, 4) is 6.19 Å². The first kappa shape index (κ1) is 12.4. The first-order valence-electron chi connectivity index (χ1n) is 6.20. The van der Waals surface area contributed by atoms with Crippen molar-refractivity contribution in [1.82, 2.24) is 0 Å². The molecule has 2 rings (SSSR count). The largest absolute Gasteiger partial charge is 0.481 e. The summed E-state index contributed by atoms with van der Waals surface area (Å²) in [5.74, 6) is -0.785. The van der Waals surface area contributed by atoms with E-state index in [1.807, 2.05) is 24.3 Å². The lowest BCUT2D eigenvalue weighted by molar-refractivity contribution is -0.136. The monoisotopic (exact) mass is 244 g/mol. The number of aliphatic carboxylic acids is 1. The van der Waals surface area contributed by atoms with E-state index < -0.39 is 5.97 Å². The molecule has 1 aliphatic rings. The van der Waals surface area contributed by atoms with Crippen molar-refractivity contribution < 1.29 is 9.90 Å². The molecule has 0 saturated heterocycles. The summed E-state index contributed by atoms with van der Waals surface area (Å²) in [5.41, 5.74) is 1.90. The van der Waals surface area contributed by atoms with Crippen molar-refractivity contribution in [3.63, 3.8) is 0 Å². The minimum atomic E-state index is -0.785. The van der Waals surface area contributed by atoms with Crippen LogP contribution in [-0.4, -0.2) is 17.1 Å². The van der Waals surface area contributed by atoms with Gasteiger partial charge in [-0.05, 0) is 43.4 Å². The summed E-state index contributed by atoms with van der Waals surface area (Å²) in [4.78, 5) is 12.2. The number of hydrogen-bond acceptors (Lipinski definition) is 3. The number of anilines is 1. The van der Waals surface area contributed by atoms with Crippen LogP contribution >= 0.6 is 0 Å². The zero-order chi connectivity index (χ0) is 13.0. The highest BCUT2D eigenvalue weighted by molar-refractivity contribution is 5.67. The van der Waals surface area contributed by atoms with Gasteiger partial charge in [0, 0.05) is 12.5 Å². The second-order valence-electron chi connectivity index (χ2n) is 4.61. The van der Waals surface area contributed by atoms with Gasteiger partial charge in [0.2, 0.25) is 0 Å². The lowest BCUT2D eigenvalue weighted by Crippen LogP contribution is -2.36. The number of rotatable bonds is 5. The average Bonchev–Trinajstić information content (AvgIpc) is 2.31. The fourth-order valence-electron chi connectivity index (χ4n) is 2.07. The Labute approximate surface area is 106 Å². The van der Waals surface area contributed by atoms with Crippen molar-refractivity contribution in [3.05, 3.63) is 29.8 Å². The Morgan fingerprint density at radius 1 is 1.39 bits per heavy atom. The first-order valence-corrected chi connectivity index (χ1v) is 6.20. The van der Waals surface area contributed by atoms with Crippen LogP contribution in [0.15, 0.2) is 24.3 Å². The first-order chi connectivity index (χ1) is 8.70. The van der Waals surface area contributed by atoms with Gasteiger partial charge in [0.05, 0.1) is 5.69 Å². The number of nitrogens with zero attached hydrogens (tertiary/aromatic N) is 2. The van der Waals surface area contributed by atoms with Gasteiger partial charge in [-0.3, -0.25) is 9.69 Å². The van der Waals surface area contributed by atoms with E-state index in [4.69, 9.17) is 10.4 Å². The number of carboxylic acid groups (broad SMARTS) is 1. The van der Waals surface area contributed by atoms with Crippen molar-refractivity contribution in [1.29, 1.82) is 5.26 Å². The van der Waals surface area contributed by atoms with Crippen LogP contribution < -0.4 is 4.90 Å². The molecule has 0 bridgehead atoms. The third-order valence-corrected chi connectivity index (χ3v) is 3.39. The molecule has 4 nitrogen and oxygen atoms in total. The van der Waals surface area contributed by atoms with Crippen molar-refractivity contribution in [2.75, 3.05) is 4.90 Å². The Bertz CT molecular complexity index is 458. The quantitative estimate of drug-likeness (QED) is 0.638. The molecule has 1 saturated carbocycles. The van der Waals surface area contributed by atoms with Crippen LogP contribution in [0.2, 0.25) is 0 Å². The normalized spacial score (nSPS) is 14.6. The molecule has 0 spiro atoms. The van der Waals surface area contributed by atoms with Gasteiger partial charge in [-0.2, -0.15) is 5.26 Å². The molecule has 0 aliphatic heterocycles. The maximum Gasteiger partial charge on any atom is 0.303 e. The molecular weight excluding hydrogens is 228 g/mol. The average molecular weight is 244 g/mol. The highest BCUT2D eigenvalue weighted by Crippen LogP contribution is 2.29. The van der Waals surface area contributed by atoms with Crippen LogP contribution in [0.25, 0.3) is 0 Å². The summed E-state index contributed by atoms with van der Waals surface area (Å²) >= 11 is 0. The Kier molecular flexibility index (Phi) is 3.83. The molecule has 4 heteroatoms. The molecule has 1 aromatic rings. The van der Waals surface area contributed by atoms with Crippen LogP contribution in [0.5, 0.6) is 0 Å². The van der Waals surface area contributed by atoms with Crippen LogP contribution in [0, 0.1) is 11.5 Å². The summed E-state index contributed by atoms with van der Waals surface area (Å²) < 4.78 is 0. The Hall–Kier alpha value is -2.02. The van der Waals surface area contributed by atoms with E-state index in [1.54, 1.807) is 4.90 Å². The highest BCUT2D eigenvalue weighted by atomic mass is 16.4. The van der Waals surface area contributed by atoms with Crippen molar-refractivity contribution in [2.45, 2.75) is 38.1 Å². The molecule has 1 aromatic carbocycles. The van der Waals surface area contributed by atoms with E-state index in [1.165, 1.54) is 6.42 Å². The van der Waals surface area contributed by atoms with Crippen LogP contribution in [0.1, 0.15) is 31.2 Å². The fraction of sp³-hybridized carbons (Fsp3) is 0.429. The standard InChI is InChI=1S/C14H16N2O2/c15-10-16(12-2-1-3-12)13-7-4-11(5-8-13)6-9-14(17)18/h4-5,7-8,12H,1-3,6,9H2,(H,17,18). The van der Waals surface area contributed by atoms with Gasteiger partial charge >= 0.3 is 5.97 Å². The van der Waals surface area contributed by atoms with Gasteiger partial charge < -0.3 is 5.11 Å². The van der Waals surface area contributed by atoms with Gasteiger partial charge in [-0.15, -0.1) is 0 Å². The predicted octanol–water partition coefficient (Wildman–Crippen LogP) is 2.54. The Morgan fingerprint density at radius 3 is 2.50 bits per heavy atom. The number of benzene rings is 1. The predicted molar refractivity (Wildman–Crippen MR) is 68.1 cm³/mol. The summed E-state index contributed by atoms with van der Waals surface area (Å²) in [5, 5.41) is 17.8. The second-order valence-corrected chi connectivity index (χ2v) is 4.61. The SMILES string of the molecule is N#CN(c1ccc(CCC(=O)O)cc1)C1CCC1. The lowest BCUT2D eigenvalue weighted by atomic mass is 9.91. The molecule has 0 unspecified atom stereocenters. The van der Waals surface area contributed by atoms with Crippen LogP contribution in [0.3, 0.4) is 0 Å². The fourth-order valence-corrected chi connectivity index (χ4v) is 2.07. The van der Waals surface area contributed by atoms with Gasteiger partial charge in [-0.1, -0.05) is 12.1 Å². The molecular formula is C14H16N2O2. The molecule has 0 amide bonds. The molecule has 0 radical (unpaired) electrons. The van der Waals surface area contributed by atoms with E-state index in [9.17, 15) is 4.79 Å². The van der Waals surface area contributed by atoms with Crippen LogP contribution in [0.4, 0.5) is 5.69 Å². The third-order valence-electron chi connectivity index (χ3n) is 3.39. The summed E-state index contributed by atoms with van der Waals surface area (Å²) in [6.07, 6.45) is 6.25. The second kappa shape index (κ2) is 5.54. The minimum absolute atomic E-state index is 0.143. The number of carbonyl (C=O) groups is 1. The van der Waals surface area contributed by atoms with E-state index >= 15 is 0 Å². The molecule has 0 heterocycles. The number of hydrogen-bond donors (Lipinski definition) is 1. The molecule has 0 atom stereocenters. The Morgan fingerprint density at radius 2 is 2.06 bits per heavy atom. The van der Waals surface area contributed by atoms with E-state index in [2.05, 4.69) is 6.19 Å². The van der Waals surface area contributed by atoms with E-state index in [-0.39, 0.29) is 6.42 Å². The van der Waals surface area contributed by atoms with Crippen molar-refractivity contribution >= 4 is 11.7 Å². The summed E-state index contributed by atoms with van der Waals surface area (Å²) in [6.45, 7) is 0. The smallest absolute Gasteiger partial charge is 0.303 e. The zero-order valence-corrected chi connectivity index (χ0v) is 10.2. The molecule has 94 valence electrons. The third kappa shape index (κ3) is 2.80.